The van der Waals surface area contributed by atoms with Gasteiger partial charge in [0.1, 0.15) is 11.6 Å². The summed E-state index contributed by atoms with van der Waals surface area (Å²) in [5.74, 6) is 1.92. The number of hydrogen-bond acceptors (Lipinski definition) is 4. The molecule has 0 saturated heterocycles. The zero-order chi connectivity index (χ0) is 13.3. The van der Waals surface area contributed by atoms with Crippen molar-refractivity contribution in [3.8, 4) is 0 Å². The Morgan fingerprint density at radius 3 is 2.74 bits per heavy atom. The summed E-state index contributed by atoms with van der Waals surface area (Å²) < 4.78 is 0. The van der Waals surface area contributed by atoms with Crippen LogP contribution in [0.25, 0.3) is 0 Å². The van der Waals surface area contributed by atoms with Crippen LogP contribution in [0.1, 0.15) is 49.2 Å². The molecule has 1 aromatic rings. The van der Waals surface area contributed by atoms with Crippen LogP contribution >= 0.6 is 0 Å². The van der Waals surface area contributed by atoms with Crippen molar-refractivity contribution in [1.29, 1.82) is 0 Å². The molecule has 0 radical (unpaired) electrons. The topological polar surface area (TPSA) is 58.0 Å². The minimum atomic E-state index is 0.294. The van der Waals surface area contributed by atoms with E-state index < -0.39 is 0 Å². The van der Waals surface area contributed by atoms with Gasteiger partial charge in [0, 0.05) is 24.4 Å². The smallest absolute Gasteiger partial charge is 0.133 e. The first-order chi connectivity index (χ1) is 9.22. The number of fused-ring (bicyclic) bond motifs is 1. The summed E-state index contributed by atoms with van der Waals surface area (Å²) >= 11 is 0. The first-order valence-corrected chi connectivity index (χ1v) is 7.44. The zero-order valence-corrected chi connectivity index (χ0v) is 11.7. The van der Waals surface area contributed by atoms with Crippen LogP contribution < -0.4 is 5.32 Å². The molecule has 4 nitrogen and oxygen atoms in total. The van der Waals surface area contributed by atoms with Crippen LogP contribution in [0.4, 0.5) is 5.82 Å². The number of aromatic nitrogens is 2. The van der Waals surface area contributed by atoms with Crippen molar-refractivity contribution in [3.63, 3.8) is 0 Å². The standard InChI is InChI=1S/C15H23N3O/c1-11-17-13-5-3-2-4-12(13)14(18-11)16-10-15(6-7-15)8-9-19/h19H,2-10H2,1H3,(H,16,17,18). The average molecular weight is 261 g/mol. The van der Waals surface area contributed by atoms with Gasteiger partial charge in [-0.3, -0.25) is 0 Å². The lowest BCUT2D eigenvalue weighted by molar-refractivity contribution is 0.253. The quantitative estimate of drug-likeness (QED) is 0.853. The molecular formula is C15H23N3O. The molecule has 2 aliphatic rings. The van der Waals surface area contributed by atoms with Gasteiger partial charge in [0.05, 0.1) is 0 Å². The number of hydrogen-bond donors (Lipinski definition) is 2. The highest BCUT2D eigenvalue weighted by Gasteiger charge is 2.41. The van der Waals surface area contributed by atoms with E-state index in [1.54, 1.807) is 0 Å². The minimum Gasteiger partial charge on any atom is -0.396 e. The number of rotatable bonds is 5. The van der Waals surface area contributed by atoms with Crippen LogP contribution in [0.15, 0.2) is 0 Å². The maximum atomic E-state index is 9.12. The molecule has 1 saturated carbocycles. The van der Waals surface area contributed by atoms with E-state index in [2.05, 4.69) is 15.3 Å². The summed E-state index contributed by atoms with van der Waals surface area (Å²) in [6, 6.07) is 0. The van der Waals surface area contributed by atoms with Crippen molar-refractivity contribution in [2.45, 2.75) is 51.9 Å². The van der Waals surface area contributed by atoms with Crippen molar-refractivity contribution in [3.05, 3.63) is 17.1 Å². The van der Waals surface area contributed by atoms with Gasteiger partial charge >= 0.3 is 0 Å². The zero-order valence-electron chi connectivity index (χ0n) is 11.7. The van der Waals surface area contributed by atoms with E-state index in [1.165, 1.54) is 36.9 Å². The maximum Gasteiger partial charge on any atom is 0.133 e. The Morgan fingerprint density at radius 2 is 2.00 bits per heavy atom. The highest BCUT2D eigenvalue weighted by Crippen LogP contribution is 2.48. The molecule has 4 heteroatoms. The van der Waals surface area contributed by atoms with Crippen LogP contribution in [-0.4, -0.2) is 28.2 Å². The highest BCUT2D eigenvalue weighted by molar-refractivity contribution is 5.48. The molecular weight excluding hydrogens is 238 g/mol. The molecule has 0 atom stereocenters. The molecule has 0 aliphatic heterocycles. The summed E-state index contributed by atoms with van der Waals surface area (Å²) in [5, 5.41) is 12.7. The van der Waals surface area contributed by atoms with Gasteiger partial charge in [-0.1, -0.05) is 0 Å². The normalized spacial score (nSPS) is 19.9. The van der Waals surface area contributed by atoms with Crippen LogP contribution in [0, 0.1) is 12.3 Å². The predicted molar refractivity (Wildman–Crippen MR) is 75.3 cm³/mol. The van der Waals surface area contributed by atoms with Crippen molar-refractivity contribution in [1.82, 2.24) is 9.97 Å². The molecule has 0 aromatic carbocycles. The largest absolute Gasteiger partial charge is 0.396 e. The van der Waals surface area contributed by atoms with Crippen molar-refractivity contribution >= 4 is 5.82 Å². The van der Waals surface area contributed by atoms with Crippen LogP contribution in [0.3, 0.4) is 0 Å². The van der Waals surface area contributed by atoms with Crippen molar-refractivity contribution < 1.29 is 5.11 Å². The maximum absolute atomic E-state index is 9.12. The molecule has 3 rings (SSSR count). The second-order valence-electron chi connectivity index (χ2n) is 6.08. The van der Waals surface area contributed by atoms with Crippen molar-refractivity contribution in [2.75, 3.05) is 18.5 Å². The molecule has 1 aromatic heterocycles. The lowest BCUT2D eigenvalue weighted by Gasteiger charge is -2.21. The molecule has 0 amide bonds. The number of nitrogens with one attached hydrogen (secondary N) is 1. The van der Waals surface area contributed by atoms with Gasteiger partial charge < -0.3 is 10.4 Å². The van der Waals surface area contributed by atoms with Gasteiger partial charge in [0.15, 0.2) is 0 Å². The number of aliphatic hydroxyl groups excluding tert-OH is 1. The second-order valence-corrected chi connectivity index (χ2v) is 6.08. The molecule has 2 aliphatic carbocycles. The molecule has 0 bridgehead atoms. The lowest BCUT2D eigenvalue weighted by atomic mass is 9.96. The van der Waals surface area contributed by atoms with Crippen LogP contribution in [-0.2, 0) is 12.8 Å². The molecule has 0 spiro atoms. The Hall–Kier alpha value is -1.16. The number of nitrogens with zero attached hydrogens (tertiary/aromatic N) is 2. The third-order valence-corrected chi connectivity index (χ3v) is 4.52. The Kier molecular flexibility index (Phi) is 3.44. The van der Waals surface area contributed by atoms with E-state index in [0.29, 0.717) is 12.0 Å². The first-order valence-electron chi connectivity index (χ1n) is 7.44. The summed E-state index contributed by atoms with van der Waals surface area (Å²) in [6.07, 6.45) is 8.05. The lowest BCUT2D eigenvalue weighted by Crippen LogP contribution is -2.20. The molecule has 19 heavy (non-hydrogen) atoms. The Morgan fingerprint density at radius 1 is 1.21 bits per heavy atom. The SMILES string of the molecule is Cc1nc2c(c(NCC3(CCO)CC3)n1)CCCC2. The van der Waals surface area contributed by atoms with Gasteiger partial charge in [-0.2, -0.15) is 0 Å². The predicted octanol–water partition coefficient (Wildman–Crippen LogP) is 2.24. The van der Waals surface area contributed by atoms with Gasteiger partial charge in [-0.05, 0) is 57.3 Å². The second kappa shape index (κ2) is 5.08. The fourth-order valence-electron chi connectivity index (χ4n) is 3.06. The number of aliphatic hydroxyl groups is 1. The molecule has 2 N–H and O–H groups in total. The highest BCUT2D eigenvalue weighted by atomic mass is 16.3. The Bertz CT molecular complexity index is 469. The Labute approximate surface area is 114 Å². The van der Waals surface area contributed by atoms with E-state index in [9.17, 15) is 0 Å². The van der Waals surface area contributed by atoms with Crippen molar-refractivity contribution in [2.24, 2.45) is 5.41 Å². The molecule has 1 fully saturated rings. The van der Waals surface area contributed by atoms with Gasteiger partial charge in [-0.25, -0.2) is 9.97 Å². The van der Waals surface area contributed by atoms with E-state index in [1.807, 2.05) is 6.92 Å². The van der Waals surface area contributed by atoms with E-state index >= 15 is 0 Å². The molecule has 104 valence electrons. The fraction of sp³-hybridized carbons (Fsp3) is 0.733. The first kappa shape index (κ1) is 12.9. The summed E-state index contributed by atoms with van der Waals surface area (Å²) in [4.78, 5) is 9.17. The van der Waals surface area contributed by atoms with E-state index in [0.717, 1.165) is 37.4 Å². The van der Waals surface area contributed by atoms with Crippen LogP contribution in [0.2, 0.25) is 0 Å². The minimum absolute atomic E-state index is 0.294. The fourth-order valence-corrected chi connectivity index (χ4v) is 3.06. The number of aryl methyl sites for hydroxylation is 2. The monoisotopic (exact) mass is 261 g/mol. The van der Waals surface area contributed by atoms with E-state index in [-0.39, 0.29) is 0 Å². The van der Waals surface area contributed by atoms with Crippen LogP contribution in [0.5, 0.6) is 0 Å². The van der Waals surface area contributed by atoms with Gasteiger partial charge in [-0.15, -0.1) is 0 Å². The van der Waals surface area contributed by atoms with E-state index in [4.69, 9.17) is 5.11 Å². The average Bonchev–Trinajstić information content (AvgIpc) is 3.16. The Balaban J connectivity index is 1.75. The van der Waals surface area contributed by atoms with Gasteiger partial charge in [0.2, 0.25) is 0 Å². The van der Waals surface area contributed by atoms with Gasteiger partial charge in [0.25, 0.3) is 0 Å². The third kappa shape index (κ3) is 2.73. The summed E-state index contributed by atoms with van der Waals surface area (Å²) in [5.41, 5.74) is 2.90. The number of anilines is 1. The molecule has 1 heterocycles. The third-order valence-electron chi connectivity index (χ3n) is 4.52. The summed E-state index contributed by atoms with van der Waals surface area (Å²) in [7, 11) is 0. The molecule has 0 unspecified atom stereocenters. The summed E-state index contributed by atoms with van der Waals surface area (Å²) in [6.45, 7) is 3.21.